The van der Waals surface area contributed by atoms with Crippen molar-refractivity contribution in [3.63, 3.8) is 0 Å². The number of hydrogen-bond donors (Lipinski definition) is 2. The van der Waals surface area contributed by atoms with E-state index in [0.29, 0.717) is 13.0 Å². The van der Waals surface area contributed by atoms with Crippen molar-refractivity contribution in [3.05, 3.63) is 0 Å². The number of hydrogen-bond acceptors (Lipinski definition) is 4. The third kappa shape index (κ3) is 3.18. The topological polar surface area (TPSA) is 80.4 Å². The normalized spacial score (nSPS) is 28.6. The Balaban J connectivity index is 2.73. The van der Waals surface area contributed by atoms with Crippen LogP contribution in [0.2, 0.25) is 0 Å². The minimum absolute atomic E-state index is 0.0807. The molecule has 0 aromatic rings. The molecule has 0 bridgehead atoms. The minimum Gasteiger partial charge on any atom is -0.391 e. The van der Waals surface area contributed by atoms with Crippen molar-refractivity contribution in [1.29, 1.82) is 0 Å². The molecule has 3 atom stereocenters. The molecule has 0 aromatic carbocycles. The van der Waals surface area contributed by atoms with Crippen molar-refractivity contribution >= 4 is 9.84 Å². The lowest BCUT2D eigenvalue weighted by Crippen LogP contribution is -2.44. The maximum atomic E-state index is 11.8. The smallest absolute Gasteiger partial charge is 0.155 e. The summed E-state index contributed by atoms with van der Waals surface area (Å²) in [5, 5.41) is 9.56. The Morgan fingerprint density at radius 3 is 2.62 bits per heavy atom. The standard InChI is InChI=1S/C11H23NO3S/c1-2-5-9(8-12)11(13)10-6-3-4-7-16(10,14)15/h9-11,13H,2-8,12H2,1H3. The first kappa shape index (κ1) is 13.9. The van der Waals surface area contributed by atoms with Crippen LogP contribution in [0.3, 0.4) is 0 Å². The molecule has 1 aliphatic heterocycles. The first-order valence-corrected chi connectivity index (χ1v) is 7.84. The van der Waals surface area contributed by atoms with Gasteiger partial charge in [0.2, 0.25) is 0 Å². The van der Waals surface area contributed by atoms with Gasteiger partial charge in [0.1, 0.15) is 0 Å². The summed E-state index contributed by atoms with van der Waals surface area (Å²) in [7, 11) is -3.10. The number of sulfone groups is 1. The summed E-state index contributed by atoms with van der Waals surface area (Å²) >= 11 is 0. The van der Waals surface area contributed by atoms with Crippen molar-refractivity contribution in [2.24, 2.45) is 11.7 Å². The monoisotopic (exact) mass is 249 g/mol. The lowest BCUT2D eigenvalue weighted by atomic mass is 9.93. The second kappa shape index (κ2) is 5.98. The number of aliphatic hydroxyl groups is 1. The van der Waals surface area contributed by atoms with Gasteiger partial charge in [-0.1, -0.05) is 19.8 Å². The number of nitrogens with two attached hydrogens (primary N) is 1. The highest BCUT2D eigenvalue weighted by Crippen LogP contribution is 2.27. The molecule has 0 aromatic heterocycles. The predicted molar refractivity (Wildman–Crippen MR) is 64.9 cm³/mol. The van der Waals surface area contributed by atoms with Crippen molar-refractivity contribution in [2.45, 2.75) is 50.4 Å². The van der Waals surface area contributed by atoms with Crippen LogP contribution in [-0.4, -0.2) is 37.2 Å². The first-order valence-electron chi connectivity index (χ1n) is 6.12. The molecule has 3 unspecified atom stereocenters. The fraction of sp³-hybridized carbons (Fsp3) is 1.00. The van der Waals surface area contributed by atoms with Gasteiger partial charge in [0.05, 0.1) is 17.1 Å². The summed E-state index contributed by atoms with van der Waals surface area (Å²) in [5.74, 6) is 0.140. The van der Waals surface area contributed by atoms with E-state index in [1.807, 2.05) is 6.92 Å². The molecule has 0 spiro atoms. The summed E-state index contributed by atoms with van der Waals surface area (Å²) in [6.45, 7) is 2.38. The van der Waals surface area contributed by atoms with E-state index in [2.05, 4.69) is 0 Å². The zero-order valence-electron chi connectivity index (χ0n) is 9.93. The highest BCUT2D eigenvalue weighted by molar-refractivity contribution is 7.92. The van der Waals surface area contributed by atoms with Crippen LogP contribution >= 0.6 is 0 Å². The zero-order valence-corrected chi connectivity index (χ0v) is 10.7. The molecule has 1 rings (SSSR count). The van der Waals surface area contributed by atoms with E-state index >= 15 is 0 Å². The molecule has 4 nitrogen and oxygen atoms in total. The molecule has 0 radical (unpaired) electrons. The largest absolute Gasteiger partial charge is 0.391 e. The zero-order chi connectivity index (χ0) is 12.2. The molecule has 5 heteroatoms. The molecule has 96 valence electrons. The Bertz CT molecular complexity index is 302. The molecule has 0 saturated carbocycles. The second-order valence-electron chi connectivity index (χ2n) is 4.68. The Morgan fingerprint density at radius 1 is 1.44 bits per heavy atom. The van der Waals surface area contributed by atoms with Crippen LogP contribution in [-0.2, 0) is 9.84 Å². The van der Waals surface area contributed by atoms with Gasteiger partial charge >= 0.3 is 0 Å². The summed E-state index contributed by atoms with van der Waals surface area (Å²) < 4.78 is 23.7. The fourth-order valence-electron chi connectivity index (χ4n) is 2.47. The molecule has 1 saturated heterocycles. The summed E-state index contributed by atoms with van der Waals surface area (Å²) in [4.78, 5) is 0. The Labute approximate surface area is 98.1 Å². The van der Waals surface area contributed by atoms with Gasteiger partial charge in [0, 0.05) is 0 Å². The lowest BCUT2D eigenvalue weighted by Gasteiger charge is -2.31. The van der Waals surface area contributed by atoms with Crippen LogP contribution in [0.25, 0.3) is 0 Å². The van der Waals surface area contributed by atoms with Crippen LogP contribution in [0.15, 0.2) is 0 Å². The van der Waals surface area contributed by atoms with Gasteiger partial charge in [0.25, 0.3) is 0 Å². The summed E-state index contributed by atoms with van der Waals surface area (Å²) in [6, 6.07) is 0. The quantitative estimate of drug-likeness (QED) is 0.751. The molecule has 1 heterocycles. The average Bonchev–Trinajstić information content (AvgIpc) is 2.24. The van der Waals surface area contributed by atoms with Crippen molar-refractivity contribution in [3.8, 4) is 0 Å². The predicted octanol–water partition coefficient (Wildman–Crippen LogP) is 0.690. The molecular weight excluding hydrogens is 226 g/mol. The van der Waals surface area contributed by atoms with E-state index in [4.69, 9.17) is 5.73 Å². The van der Waals surface area contributed by atoms with Crippen molar-refractivity contribution in [1.82, 2.24) is 0 Å². The van der Waals surface area contributed by atoms with Crippen LogP contribution in [0.1, 0.15) is 39.0 Å². The van der Waals surface area contributed by atoms with Crippen molar-refractivity contribution < 1.29 is 13.5 Å². The summed E-state index contributed by atoms with van der Waals surface area (Å²) in [6.07, 6.45) is 3.14. The van der Waals surface area contributed by atoms with Gasteiger partial charge in [-0.05, 0) is 31.7 Å². The summed E-state index contributed by atoms with van der Waals surface area (Å²) in [5.41, 5.74) is 5.60. The van der Waals surface area contributed by atoms with E-state index in [-0.39, 0.29) is 11.7 Å². The number of rotatable bonds is 5. The number of aliphatic hydroxyl groups excluding tert-OH is 1. The Morgan fingerprint density at radius 2 is 2.12 bits per heavy atom. The van der Waals surface area contributed by atoms with Gasteiger partial charge in [-0.3, -0.25) is 0 Å². The van der Waals surface area contributed by atoms with E-state index in [1.54, 1.807) is 0 Å². The van der Waals surface area contributed by atoms with E-state index < -0.39 is 21.2 Å². The van der Waals surface area contributed by atoms with Gasteiger partial charge in [0.15, 0.2) is 9.84 Å². The van der Waals surface area contributed by atoms with Crippen LogP contribution in [0.4, 0.5) is 0 Å². The fourth-order valence-corrected chi connectivity index (χ4v) is 4.55. The molecular formula is C11H23NO3S. The van der Waals surface area contributed by atoms with E-state index in [9.17, 15) is 13.5 Å². The Kier molecular flexibility index (Phi) is 5.21. The van der Waals surface area contributed by atoms with Crippen LogP contribution in [0, 0.1) is 5.92 Å². The van der Waals surface area contributed by atoms with E-state index in [1.165, 1.54) is 0 Å². The highest BCUT2D eigenvalue weighted by Gasteiger charge is 2.37. The molecule has 1 fully saturated rings. The van der Waals surface area contributed by atoms with E-state index in [0.717, 1.165) is 25.7 Å². The second-order valence-corrected chi connectivity index (χ2v) is 7.02. The van der Waals surface area contributed by atoms with Crippen LogP contribution in [0.5, 0.6) is 0 Å². The van der Waals surface area contributed by atoms with Gasteiger partial charge < -0.3 is 10.8 Å². The molecule has 16 heavy (non-hydrogen) atoms. The molecule has 0 amide bonds. The SMILES string of the molecule is CCCC(CN)C(O)C1CCCCS1(=O)=O. The van der Waals surface area contributed by atoms with Gasteiger partial charge in [-0.25, -0.2) is 8.42 Å². The Hall–Kier alpha value is -0.130. The highest BCUT2D eigenvalue weighted by atomic mass is 32.2. The maximum Gasteiger partial charge on any atom is 0.155 e. The third-order valence-electron chi connectivity index (χ3n) is 3.45. The average molecular weight is 249 g/mol. The maximum absolute atomic E-state index is 11.8. The molecule has 0 aliphatic carbocycles. The van der Waals surface area contributed by atoms with Gasteiger partial charge in [-0.15, -0.1) is 0 Å². The third-order valence-corrected chi connectivity index (χ3v) is 5.75. The van der Waals surface area contributed by atoms with Crippen LogP contribution < -0.4 is 5.73 Å². The molecule has 1 aliphatic rings. The minimum atomic E-state index is -3.10. The lowest BCUT2D eigenvalue weighted by molar-refractivity contribution is 0.0962. The first-order chi connectivity index (χ1) is 7.53. The molecule has 3 N–H and O–H groups in total. The van der Waals surface area contributed by atoms with Crippen molar-refractivity contribution in [2.75, 3.05) is 12.3 Å². The van der Waals surface area contributed by atoms with Gasteiger partial charge in [-0.2, -0.15) is 0 Å².